The molecule has 5 nitrogen and oxygen atoms in total. The number of nitrogens with two attached hydrogens (primary N) is 1. The average molecular weight is 286 g/mol. The summed E-state index contributed by atoms with van der Waals surface area (Å²) in [5.41, 5.74) is 5.64. The fourth-order valence-electron chi connectivity index (χ4n) is 4.96. The summed E-state index contributed by atoms with van der Waals surface area (Å²) >= 11 is 0. The molecule has 4 aliphatic rings. The van der Waals surface area contributed by atoms with Gasteiger partial charge in [0.15, 0.2) is 11.9 Å². The van der Waals surface area contributed by atoms with E-state index in [0.717, 1.165) is 24.3 Å². The number of nitrogens with one attached hydrogen (secondary N) is 4. The second-order valence-corrected chi connectivity index (χ2v) is 6.68. The van der Waals surface area contributed by atoms with Crippen LogP contribution in [0.15, 0.2) is 0 Å². The van der Waals surface area contributed by atoms with Gasteiger partial charge in [0.05, 0.1) is 0 Å². The van der Waals surface area contributed by atoms with Crippen LogP contribution in [0.25, 0.3) is 0 Å². The van der Waals surface area contributed by atoms with E-state index in [1.807, 2.05) is 0 Å². The molecular weight excluding hydrogens is 262 g/mol. The van der Waals surface area contributed by atoms with Crippen LogP contribution < -0.4 is 16.4 Å². The van der Waals surface area contributed by atoms with E-state index in [1.165, 1.54) is 38.5 Å². The van der Waals surface area contributed by atoms with Crippen LogP contribution in [0, 0.1) is 34.0 Å². The monoisotopic (exact) mass is 285 g/mol. The first-order valence-corrected chi connectivity index (χ1v) is 6.98. The second-order valence-electron chi connectivity index (χ2n) is 6.68. The summed E-state index contributed by atoms with van der Waals surface area (Å²) in [5.74, 6) is 2.81. The van der Waals surface area contributed by atoms with E-state index >= 15 is 0 Å². The lowest BCUT2D eigenvalue weighted by Crippen LogP contribution is -2.53. The minimum absolute atomic E-state index is 0. The Morgan fingerprint density at radius 2 is 1.53 bits per heavy atom. The Labute approximate surface area is 120 Å². The second kappa shape index (κ2) is 5.19. The van der Waals surface area contributed by atoms with E-state index in [1.54, 1.807) is 0 Å². The van der Waals surface area contributed by atoms with Crippen LogP contribution in [0.1, 0.15) is 38.5 Å². The first kappa shape index (κ1) is 14.4. The van der Waals surface area contributed by atoms with Crippen molar-refractivity contribution in [3.05, 3.63) is 0 Å². The van der Waals surface area contributed by atoms with Crippen molar-refractivity contribution in [2.75, 3.05) is 6.54 Å². The third-order valence-electron chi connectivity index (χ3n) is 5.06. The third kappa shape index (κ3) is 2.96. The van der Waals surface area contributed by atoms with Gasteiger partial charge in [-0.2, -0.15) is 0 Å². The molecule has 0 unspecified atom stereocenters. The van der Waals surface area contributed by atoms with E-state index in [4.69, 9.17) is 16.6 Å². The van der Waals surface area contributed by atoms with E-state index in [0.29, 0.717) is 5.41 Å². The van der Waals surface area contributed by atoms with Crippen LogP contribution >= 0.6 is 12.4 Å². The number of halogens is 1. The smallest absolute Gasteiger partial charge is 0.195 e. The zero-order chi connectivity index (χ0) is 12.8. The van der Waals surface area contributed by atoms with Gasteiger partial charge < -0.3 is 11.1 Å². The highest BCUT2D eigenvalue weighted by Gasteiger charge is 2.50. The molecule has 0 aromatic carbocycles. The van der Waals surface area contributed by atoms with Crippen LogP contribution in [-0.2, 0) is 0 Å². The summed E-state index contributed by atoms with van der Waals surface area (Å²) in [6.07, 6.45) is 8.34. The maximum absolute atomic E-state index is 7.69. The van der Waals surface area contributed by atoms with Gasteiger partial charge in [-0.1, -0.05) is 0 Å². The molecule has 0 saturated heterocycles. The maximum Gasteiger partial charge on any atom is 0.195 e. The fraction of sp³-hybridized carbons (Fsp3) is 0.846. The van der Waals surface area contributed by atoms with Gasteiger partial charge >= 0.3 is 0 Å². The SMILES string of the molecule is Cl.N=C(N)NC(=N)NCC12CC3CC(CC(C3)C1)C2. The van der Waals surface area contributed by atoms with Crippen molar-refractivity contribution >= 4 is 24.3 Å². The predicted octanol–water partition coefficient (Wildman–Crippen LogP) is 1.63. The summed E-state index contributed by atoms with van der Waals surface area (Å²) < 4.78 is 0. The first-order valence-electron chi connectivity index (χ1n) is 6.98. The van der Waals surface area contributed by atoms with Gasteiger partial charge in [0.25, 0.3) is 0 Å². The van der Waals surface area contributed by atoms with Crippen LogP contribution in [0.2, 0.25) is 0 Å². The number of hydrogen-bond donors (Lipinski definition) is 5. The number of guanidine groups is 2. The summed E-state index contributed by atoms with van der Waals surface area (Å²) in [4.78, 5) is 0. The maximum atomic E-state index is 7.69. The molecular formula is C13H24ClN5. The van der Waals surface area contributed by atoms with Gasteiger partial charge in [0, 0.05) is 6.54 Å². The van der Waals surface area contributed by atoms with Crippen LogP contribution in [0.3, 0.4) is 0 Å². The molecule has 108 valence electrons. The van der Waals surface area contributed by atoms with Crippen LogP contribution in [-0.4, -0.2) is 18.5 Å². The lowest BCUT2D eigenvalue weighted by molar-refractivity contribution is -0.0492. The van der Waals surface area contributed by atoms with Gasteiger partial charge in [-0.3, -0.25) is 16.1 Å². The van der Waals surface area contributed by atoms with E-state index in [9.17, 15) is 0 Å². The summed E-state index contributed by atoms with van der Waals surface area (Å²) in [6, 6.07) is 0. The molecule has 4 bridgehead atoms. The Morgan fingerprint density at radius 3 is 1.95 bits per heavy atom. The molecule has 0 atom stereocenters. The topological polar surface area (TPSA) is 97.8 Å². The lowest BCUT2D eigenvalue weighted by atomic mass is 9.49. The molecule has 0 aromatic heterocycles. The van der Waals surface area contributed by atoms with Gasteiger partial charge in [-0.05, 0) is 61.7 Å². The van der Waals surface area contributed by atoms with E-state index < -0.39 is 0 Å². The van der Waals surface area contributed by atoms with Gasteiger partial charge in [0.2, 0.25) is 0 Å². The molecule has 0 heterocycles. The van der Waals surface area contributed by atoms with E-state index in [-0.39, 0.29) is 24.3 Å². The molecule has 4 saturated carbocycles. The number of rotatable bonds is 2. The predicted molar refractivity (Wildman–Crippen MR) is 78.6 cm³/mol. The highest BCUT2D eigenvalue weighted by molar-refractivity contribution is 5.94. The highest BCUT2D eigenvalue weighted by atomic mass is 35.5. The third-order valence-corrected chi connectivity index (χ3v) is 5.06. The highest BCUT2D eigenvalue weighted by Crippen LogP contribution is 2.59. The Bertz CT molecular complexity index is 346. The Hall–Kier alpha value is -0.970. The van der Waals surface area contributed by atoms with Gasteiger partial charge in [-0.15, -0.1) is 12.4 Å². The summed E-state index contributed by atoms with van der Waals surface area (Å²) in [5, 5.41) is 20.4. The molecule has 4 aliphatic carbocycles. The van der Waals surface area contributed by atoms with Gasteiger partial charge in [-0.25, -0.2) is 0 Å². The minimum atomic E-state index is -0.169. The largest absolute Gasteiger partial charge is 0.370 e. The Morgan fingerprint density at radius 1 is 1.05 bits per heavy atom. The zero-order valence-electron chi connectivity index (χ0n) is 11.2. The van der Waals surface area contributed by atoms with E-state index in [2.05, 4.69) is 10.6 Å². The summed E-state index contributed by atoms with van der Waals surface area (Å²) in [7, 11) is 0. The van der Waals surface area contributed by atoms with Crippen LogP contribution in [0.4, 0.5) is 0 Å². The van der Waals surface area contributed by atoms with Crippen molar-refractivity contribution < 1.29 is 0 Å². The fourth-order valence-corrected chi connectivity index (χ4v) is 4.96. The van der Waals surface area contributed by atoms with Crippen molar-refractivity contribution in [2.45, 2.75) is 38.5 Å². The van der Waals surface area contributed by atoms with Crippen molar-refractivity contribution in [2.24, 2.45) is 28.9 Å². The van der Waals surface area contributed by atoms with Gasteiger partial charge in [0.1, 0.15) is 0 Å². The molecule has 4 rings (SSSR count). The molecule has 19 heavy (non-hydrogen) atoms. The molecule has 0 spiro atoms. The molecule has 6 heteroatoms. The molecule has 0 amide bonds. The Kier molecular flexibility index (Phi) is 3.95. The lowest BCUT2D eigenvalue weighted by Gasteiger charge is -2.57. The molecule has 6 N–H and O–H groups in total. The van der Waals surface area contributed by atoms with Crippen molar-refractivity contribution in [1.29, 1.82) is 10.8 Å². The molecule has 0 aromatic rings. The van der Waals surface area contributed by atoms with Crippen molar-refractivity contribution in [1.82, 2.24) is 10.6 Å². The summed E-state index contributed by atoms with van der Waals surface area (Å²) in [6.45, 7) is 0.871. The minimum Gasteiger partial charge on any atom is -0.370 e. The normalized spacial score (nSPS) is 38.4. The molecule has 0 aliphatic heterocycles. The quantitative estimate of drug-likeness (QED) is 0.394. The zero-order valence-corrected chi connectivity index (χ0v) is 12.0. The standard InChI is InChI=1S/C13H23N5.ClH/c14-11(15)18-12(16)17-7-13-4-8-1-9(5-13)3-10(2-8)6-13;/h8-10H,1-7H2,(H6,14,15,16,17,18);1H. The first-order chi connectivity index (χ1) is 8.55. The number of hydrogen-bond acceptors (Lipinski definition) is 2. The Balaban J connectivity index is 0.00000133. The van der Waals surface area contributed by atoms with Crippen LogP contribution in [0.5, 0.6) is 0 Å². The molecule has 4 fully saturated rings. The average Bonchev–Trinajstić information content (AvgIpc) is 2.23. The molecule has 0 radical (unpaired) electrons. The van der Waals surface area contributed by atoms with Crippen molar-refractivity contribution in [3.8, 4) is 0 Å². The van der Waals surface area contributed by atoms with Crippen molar-refractivity contribution in [3.63, 3.8) is 0 Å².